The van der Waals surface area contributed by atoms with E-state index in [9.17, 15) is 70.9 Å². The number of rotatable bonds is 5. The molecule has 0 amide bonds. The third-order valence-electron chi connectivity index (χ3n) is 14.2. The van der Waals surface area contributed by atoms with Gasteiger partial charge in [-0.15, -0.1) is 0 Å². The lowest BCUT2D eigenvalue weighted by Gasteiger charge is -2.45. The first kappa shape index (κ1) is 63.2. The van der Waals surface area contributed by atoms with Gasteiger partial charge in [0.2, 0.25) is 0 Å². The van der Waals surface area contributed by atoms with Crippen molar-refractivity contribution in [1.29, 1.82) is 0 Å². The zero-order valence-corrected chi connectivity index (χ0v) is 43.1. The Morgan fingerprint density at radius 2 is 1.23 bits per heavy atom. The lowest BCUT2D eigenvalue weighted by Crippen LogP contribution is -2.61. The Morgan fingerprint density at radius 1 is 0.635 bits per heavy atom. The number of carboxylic acid groups (broad SMARTS) is 1. The molecule has 4 rings (SSSR count). The van der Waals surface area contributed by atoms with Gasteiger partial charge in [0.1, 0.15) is 24.2 Å². The zero-order valence-electron chi connectivity index (χ0n) is 43.1. The molecule has 1 unspecified atom stereocenters. The van der Waals surface area contributed by atoms with Crippen LogP contribution in [0.5, 0.6) is 0 Å². The second-order valence-corrected chi connectivity index (χ2v) is 20.5. The second kappa shape index (κ2) is 30.6. The summed E-state index contributed by atoms with van der Waals surface area (Å²) in [6.07, 6.45) is -1.63. The number of fused-ring (bicyclic) bond motifs is 2. The van der Waals surface area contributed by atoms with Gasteiger partial charge in [-0.05, 0) is 59.3 Å². The van der Waals surface area contributed by atoms with Gasteiger partial charge in [-0.3, -0.25) is 9.59 Å². The highest BCUT2D eigenvalue weighted by atomic mass is 16.7. The first-order valence-electron chi connectivity index (χ1n) is 25.9. The van der Waals surface area contributed by atoms with E-state index in [2.05, 4.69) is 0 Å². The number of aliphatic hydroxyl groups is 11. The number of ether oxygens (including phenoxy) is 6. The van der Waals surface area contributed by atoms with Crippen LogP contribution in [-0.4, -0.2) is 195 Å². The maximum absolute atomic E-state index is 13.1. The molecular formula is C53H85NO20. The van der Waals surface area contributed by atoms with E-state index in [4.69, 9.17) is 34.2 Å². The summed E-state index contributed by atoms with van der Waals surface area (Å²) in [5, 5.41) is 129. The Kier molecular flexibility index (Phi) is 26.1. The van der Waals surface area contributed by atoms with E-state index < -0.39 is 165 Å². The molecule has 0 aromatic rings. The van der Waals surface area contributed by atoms with E-state index in [1.165, 1.54) is 13.0 Å². The minimum atomic E-state index is -2.37. The minimum Gasteiger partial charge on any atom is -0.481 e. The smallest absolute Gasteiger partial charge is 0.311 e. The summed E-state index contributed by atoms with van der Waals surface area (Å²) < 4.78 is 35.8. The molecular weight excluding hydrogens is 971 g/mol. The number of hydrogen-bond donors (Lipinski definition) is 13. The van der Waals surface area contributed by atoms with Gasteiger partial charge in [-0.1, -0.05) is 86.8 Å². The topological polar surface area (TPSA) is 358 Å². The Hall–Kier alpha value is -3.30. The molecule has 0 aromatic heterocycles. The van der Waals surface area contributed by atoms with E-state index >= 15 is 0 Å². The van der Waals surface area contributed by atoms with Gasteiger partial charge in [0.05, 0.1) is 91.8 Å². The summed E-state index contributed by atoms with van der Waals surface area (Å²) in [4.78, 5) is 25.6. The van der Waals surface area contributed by atoms with Crippen LogP contribution < -0.4 is 5.73 Å². The van der Waals surface area contributed by atoms with Crippen LogP contribution in [0, 0.1) is 17.8 Å². The van der Waals surface area contributed by atoms with Crippen molar-refractivity contribution in [3.05, 3.63) is 72.9 Å². The molecule has 4 aliphatic rings. The van der Waals surface area contributed by atoms with Crippen LogP contribution >= 0.6 is 0 Å². The molecule has 0 spiro atoms. The van der Waals surface area contributed by atoms with Crippen molar-refractivity contribution in [3.63, 3.8) is 0 Å². The van der Waals surface area contributed by atoms with Gasteiger partial charge in [-0.25, -0.2) is 0 Å². The van der Waals surface area contributed by atoms with Crippen molar-refractivity contribution in [2.24, 2.45) is 23.5 Å². The molecule has 0 radical (unpaired) electrons. The fourth-order valence-corrected chi connectivity index (χ4v) is 9.63. The lowest BCUT2D eigenvalue weighted by molar-refractivity contribution is -0.310. The average molecular weight is 1060 g/mol. The van der Waals surface area contributed by atoms with Crippen molar-refractivity contribution < 1.29 is 99.3 Å². The molecule has 0 saturated carbocycles. The van der Waals surface area contributed by atoms with Gasteiger partial charge in [0.15, 0.2) is 18.4 Å². The summed E-state index contributed by atoms with van der Waals surface area (Å²) in [5.74, 6) is -6.88. The fourth-order valence-electron chi connectivity index (χ4n) is 9.63. The van der Waals surface area contributed by atoms with Crippen molar-refractivity contribution in [3.8, 4) is 0 Å². The van der Waals surface area contributed by atoms with Crippen LogP contribution in [0.15, 0.2) is 72.9 Å². The molecule has 3 fully saturated rings. The normalized spacial score (nSPS) is 46.5. The molecule has 3 saturated heterocycles. The van der Waals surface area contributed by atoms with E-state index in [0.717, 1.165) is 12.8 Å². The fraction of sp³-hybridized carbons (Fsp3) is 0.736. The minimum absolute atomic E-state index is 0.0208. The van der Waals surface area contributed by atoms with Crippen molar-refractivity contribution in [1.82, 2.24) is 0 Å². The number of nitrogens with two attached hydrogens (primary N) is 1. The second-order valence-electron chi connectivity index (χ2n) is 20.5. The van der Waals surface area contributed by atoms with Crippen molar-refractivity contribution in [2.45, 2.75) is 227 Å². The van der Waals surface area contributed by atoms with Crippen LogP contribution in [0.25, 0.3) is 0 Å². The van der Waals surface area contributed by atoms with Gasteiger partial charge in [0, 0.05) is 37.5 Å². The molecule has 2 bridgehead atoms. The first-order chi connectivity index (χ1) is 34.9. The SMILES string of the molecule is C[C@H]1[C@H](OC2C[C@@H](O)[C@@H](O)[C@H](C)O2)[C@@H](C)/C=C/C=C/CC/C=C/C=C/C=C/C=C/[C@H](O[C@@H]2O[C@H](C)[C@@H](O)[C@H](N)[C@@H]2O)C[C@H]2O[C@@](O)(C[C@@H](O)[C@H](O)CC[C@@H](O)C[C@@H](O)C[C@@H](O)CC(=O)O[C@H]1C)C[C@H](O)[C@H]2C(=O)O. The van der Waals surface area contributed by atoms with E-state index in [1.807, 2.05) is 56.4 Å². The molecule has 4 aliphatic heterocycles. The molecule has 14 N–H and O–H groups in total. The number of carbonyl (C=O) groups excluding carboxylic acids is 1. The number of carboxylic acids is 1. The van der Waals surface area contributed by atoms with E-state index in [0.29, 0.717) is 0 Å². The Balaban J connectivity index is 1.55. The number of cyclic esters (lactones) is 1. The van der Waals surface area contributed by atoms with Crippen LogP contribution in [-0.2, 0) is 38.0 Å². The molecule has 4 heterocycles. The summed E-state index contributed by atoms with van der Waals surface area (Å²) in [7, 11) is 0. The number of allylic oxidation sites excluding steroid dienone is 10. The summed E-state index contributed by atoms with van der Waals surface area (Å²) in [5.41, 5.74) is 6.04. The highest BCUT2D eigenvalue weighted by molar-refractivity contribution is 5.71. The van der Waals surface area contributed by atoms with Crippen molar-refractivity contribution in [2.75, 3.05) is 0 Å². The van der Waals surface area contributed by atoms with Crippen LogP contribution in [0.2, 0.25) is 0 Å². The highest BCUT2D eigenvalue weighted by Crippen LogP contribution is 2.38. The average Bonchev–Trinajstić information content (AvgIpc) is 3.31. The first-order valence-corrected chi connectivity index (χ1v) is 25.9. The third kappa shape index (κ3) is 19.9. The predicted molar refractivity (Wildman–Crippen MR) is 267 cm³/mol. The molecule has 21 heteroatoms. The standard InChI is InChI=1S/C53H85NO20/c1-29-18-16-14-12-10-8-6-7-9-11-13-15-17-19-37(72-52-49(65)46(54)48(64)33(5)71-52)25-42-45(51(66)67)41(61)28-53(68,74-42)27-40(60)38(58)21-20-34(55)22-35(56)23-36(57)24-43(62)69-31(3)30(2)50(29)73-44-26-39(59)47(63)32(4)70-44/h6-7,9,11-19,29-42,44-50,52,55-61,63-65,68H,8,10,20-28,54H2,1-5H3,(H,66,67)/b7-6+,11-9+,14-12+,15-13+,18-16+,19-17+/t29-,30+,31-,32-,33+,34+,35+,36+,37-,38+,39+,40+,41-,42+,44?,45+,46-,47-,48+,49-,50+,52-,53-/m0/s1. The quantitative estimate of drug-likeness (QED) is 0.170. The van der Waals surface area contributed by atoms with Crippen molar-refractivity contribution >= 4 is 11.9 Å². The maximum atomic E-state index is 13.1. The van der Waals surface area contributed by atoms with Crippen LogP contribution in [0.4, 0.5) is 0 Å². The van der Waals surface area contributed by atoms with E-state index in [1.54, 1.807) is 38.2 Å². The number of carbonyl (C=O) groups is 2. The molecule has 0 aromatic carbocycles. The van der Waals surface area contributed by atoms with Gasteiger partial charge in [-0.2, -0.15) is 0 Å². The maximum Gasteiger partial charge on any atom is 0.311 e. The summed E-state index contributed by atoms with van der Waals surface area (Å²) in [6.45, 7) is 8.61. The number of aliphatic carboxylic acids is 1. The predicted octanol–water partition coefficient (Wildman–Crippen LogP) is 0.817. The lowest BCUT2D eigenvalue weighted by atomic mass is 9.82. The third-order valence-corrected chi connectivity index (χ3v) is 14.2. The monoisotopic (exact) mass is 1060 g/mol. The van der Waals surface area contributed by atoms with Crippen LogP contribution in [0.3, 0.4) is 0 Å². The largest absolute Gasteiger partial charge is 0.481 e. The van der Waals surface area contributed by atoms with Gasteiger partial charge < -0.3 is 95.4 Å². The zero-order chi connectivity index (χ0) is 54.9. The number of aliphatic hydroxyl groups excluding tert-OH is 10. The van der Waals surface area contributed by atoms with Gasteiger partial charge >= 0.3 is 11.9 Å². The van der Waals surface area contributed by atoms with E-state index in [-0.39, 0.29) is 44.4 Å². The molecule has 21 nitrogen and oxygen atoms in total. The Bertz CT molecular complexity index is 1870. The van der Waals surface area contributed by atoms with Crippen LogP contribution in [0.1, 0.15) is 105 Å². The Morgan fingerprint density at radius 3 is 1.89 bits per heavy atom. The Labute approximate surface area is 433 Å². The molecule has 74 heavy (non-hydrogen) atoms. The number of hydrogen-bond acceptors (Lipinski definition) is 20. The summed E-state index contributed by atoms with van der Waals surface area (Å²) >= 11 is 0. The summed E-state index contributed by atoms with van der Waals surface area (Å²) in [6, 6.07) is -1.16. The number of esters is 1. The van der Waals surface area contributed by atoms with Gasteiger partial charge in [0.25, 0.3) is 0 Å². The molecule has 0 aliphatic carbocycles. The molecule has 23 atom stereocenters. The highest BCUT2D eigenvalue weighted by Gasteiger charge is 2.51. The molecule has 422 valence electrons.